The Bertz CT molecular complexity index is 549. The molecule has 0 bridgehead atoms. The standard InChI is InChI=1S/C11H18N6O4.H2O/c12-7-4-1-2-10(19,20)11(4)6(16-8(13)17-11)5(15-7)3-21-9(14)18;/h4-6,19-20H,1-3H2,(H2,12,15)(H2,14,18)(H3,13,16,17);1H2/p+2/t4?,5?,6-,11+;/m0./s1. The molecule has 1 spiro atoms. The molecule has 2 unspecified atom stereocenters. The van der Waals surface area contributed by atoms with Gasteiger partial charge in [0.1, 0.15) is 12.5 Å². The van der Waals surface area contributed by atoms with Gasteiger partial charge in [-0.15, -0.1) is 0 Å². The summed E-state index contributed by atoms with van der Waals surface area (Å²) >= 11 is 0. The highest BCUT2D eigenvalue weighted by Gasteiger charge is 2.74. The van der Waals surface area contributed by atoms with E-state index in [2.05, 4.69) is 15.3 Å². The number of hydrogen-bond acceptors (Lipinski definition) is 7. The molecule has 1 amide bonds. The minimum absolute atomic E-state index is 0. The molecular weight excluding hydrogens is 296 g/mol. The molecule has 0 aromatic carbocycles. The average Bonchev–Trinajstić information content (AvgIpc) is 2.85. The van der Waals surface area contributed by atoms with E-state index in [1.54, 1.807) is 0 Å². The summed E-state index contributed by atoms with van der Waals surface area (Å²) in [6.45, 7) is -0.0762. The number of carbonyl (C=O) groups is 1. The van der Waals surface area contributed by atoms with Gasteiger partial charge in [0.15, 0.2) is 17.6 Å². The first kappa shape index (κ1) is 16.3. The number of aliphatic hydroxyl groups is 2. The van der Waals surface area contributed by atoms with Crippen molar-refractivity contribution < 1.29 is 35.2 Å². The fourth-order valence-corrected chi connectivity index (χ4v) is 3.86. The van der Waals surface area contributed by atoms with Crippen LogP contribution in [0.25, 0.3) is 0 Å². The number of primary amides is 1. The normalized spacial score (nSPS) is 37.8. The van der Waals surface area contributed by atoms with Gasteiger partial charge in [0.25, 0.3) is 0 Å². The number of amides is 1. The van der Waals surface area contributed by atoms with Gasteiger partial charge in [-0.2, -0.15) is 0 Å². The summed E-state index contributed by atoms with van der Waals surface area (Å²) in [5, 5.41) is 23.8. The van der Waals surface area contributed by atoms with Gasteiger partial charge in [-0.3, -0.25) is 26.8 Å². The van der Waals surface area contributed by atoms with Gasteiger partial charge in [0.05, 0.1) is 0 Å². The Morgan fingerprint density at radius 3 is 2.73 bits per heavy atom. The SMILES string of the molecule is NC(=O)OCC1[NH+]=C(N)C2CCC(O)(O)[C@@]23NC(N)=[NH+][C@@H]13.O. The van der Waals surface area contributed by atoms with Crippen molar-refractivity contribution >= 4 is 17.9 Å². The Balaban J connectivity index is 0.00000176. The second kappa shape index (κ2) is 4.97. The lowest BCUT2D eigenvalue weighted by Crippen LogP contribution is -3.02. The second-order valence-electron chi connectivity index (χ2n) is 5.77. The van der Waals surface area contributed by atoms with Crippen molar-refractivity contribution in [3.63, 3.8) is 0 Å². The lowest BCUT2D eigenvalue weighted by molar-refractivity contribution is -0.622. The van der Waals surface area contributed by atoms with Crippen LogP contribution < -0.4 is 32.5 Å². The monoisotopic (exact) mass is 318 g/mol. The number of nitrogens with one attached hydrogen (secondary N) is 3. The topological polar surface area (TPSA) is 216 Å². The van der Waals surface area contributed by atoms with Crippen LogP contribution in [0.2, 0.25) is 0 Å². The molecule has 4 atom stereocenters. The molecule has 3 rings (SSSR count). The summed E-state index contributed by atoms with van der Waals surface area (Å²) in [6.07, 6.45) is -0.268. The van der Waals surface area contributed by atoms with E-state index >= 15 is 0 Å². The van der Waals surface area contributed by atoms with Crippen molar-refractivity contribution in [2.75, 3.05) is 6.61 Å². The minimum Gasteiger partial charge on any atom is -0.445 e. The maximum atomic E-state index is 10.8. The largest absolute Gasteiger partial charge is 0.445 e. The highest BCUT2D eigenvalue weighted by Crippen LogP contribution is 2.45. The van der Waals surface area contributed by atoms with Crippen molar-refractivity contribution in [2.24, 2.45) is 23.1 Å². The van der Waals surface area contributed by atoms with E-state index in [0.717, 1.165) is 0 Å². The molecule has 11 nitrogen and oxygen atoms in total. The molecule has 124 valence electrons. The zero-order valence-corrected chi connectivity index (χ0v) is 11.8. The Morgan fingerprint density at radius 2 is 2.09 bits per heavy atom. The smallest absolute Gasteiger partial charge is 0.404 e. The quantitative estimate of drug-likeness (QED) is 0.230. The average molecular weight is 318 g/mol. The van der Waals surface area contributed by atoms with Crippen molar-refractivity contribution in [1.29, 1.82) is 0 Å². The molecule has 1 saturated carbocycles. The third-order valence-electron chi connectivity index (χ3n) is 4.67. The minimum atomic E-state index is -1.99. The van der Waals surface area contributed by atoms with Gasteiger partial charge in [-0.1, -0.05) is 0 Å². The summed E-state index contributed by atoms with van der Waals surface area (Å²) in [7, 11) is 0. The van der Waals surface area contributed by atoms with E-state index < -0.39 is 29.5 Å². The van der Waals surface area contributed by atoms with Crippen LogP contribution in [0.5, 0.6) is 0 Å². The molecule has 13 N–H and O–H groups in total. The first-order valence-corrected chi connectivity index (χ1v) is 6.71. The van der Waals surface area contributed by atoms with E-state index in [1.165, 1.54) is 0 Å². The number of ether oxygens (including phenoxy) is 1. The maximum absolute atomic E-state index is 10.8. The van der Waals surface area contributed by atoms with Gasteiger partial charge in [0.2, 0.25) is 11.6 Å². The summed E-state index contributed by atoms with van der Waals surface area (Å²) in [5.41, 5.74) is 15.6. The van der Waals surface area contributed by atoms with E-state index in [9.17, 15) is 15.0 Å². The fourth-order valence-electron chi connectivity index (χ4n) is 3.86. The van der Waals surface area contributed by atoms with Crippen LogP contribution >= 0.6 is 0 Å². The summed E-state index contributed by atoms with van der Waals surface area (Å²) < 4.78 is 4.81. The molecule has 1 aliphatic carbocycles. The summed E-state index contributed by atoms with van der Waals surface area (Å²) in [5.74, 6) is -1.69. The number of rotatable bonds is 2. The Hall–Kier alpha value is -2.11. The van der Waals surface area contributed by atoms with Crippen LogP contribution in [0.1, 0.15) is 12.8 Å². The molecule has 0 saturated heterocycles. The molecule has 0 radical (unpaired) electrons. The van der Waals surface area contributed by atoms with Crippen LogP contribution in [0.15, 0.2) is 0 Å². The maximum Gasteiger partial charge on any atom is 0.404 e. The summed E-state index contributed by atoms with van der Waals surface area (Å²) in [6, 6.07) is -1.02. The van der Waals surface area contributed by atoms with Crippen molar-refractivity contribution in [2.45, 2.75) is 36.3 Å². The lowest BCUT2D eigenvalue weighted by atomic mass is 9.72. The molecule has 2 aliphatic heterocycles. The van der Waals surface area contributed by atoms with Gasteiger partial charge in [-0.05, 0) is 6.42 Å². The van der Waals surface area contributed by atoms with Crippen molar-refractivity contribution in [3.8, 4) is 0 Å². The number of hydrogen-bond donors (Lipinski definition) is 8. The van der Waals surface area contributed by atoms with E-state index in [0.29, 0.717) is 12.3 Å². The van der Waals surface area contributed by atoms with E-state index in [1.807, 2.05) is 0 Å². The number of nitrogens with two attached hydrogens (primary N) is 3. The molecule has 2 heterocycles. The number of carbonyl (C=O) groups excluding carboxylic acids is 1. The molecule has 22 heavy (non-hydrogen) atoms. The lowest BCUT2D eigenvalue weighted by Gasteiger charge is -2.42. The van der Waals surface area contributed by atoms with Crippen LogP contribution in [-0.4, -0.2) is 63.6 Å². The first-order valence-electron chi connectivity index (χ1n) is 6.71. The molecule has 0 aromatic rings. The van der Waals surface area contributed by atoms with Gasteiger partial charge in [-0.25, -0.2) is 4.79 Å². The van der Waals surface area contributed by atoms with Gasteiger partial charge >= 0.3 is 12.1 Å². The predicted octanol–water partition coefficient (Wildman–Crippen LogP) is -7.73. The Kier molecular flexibility index (Phi) is 3.67. The van der Waals surface area contributed by atoms with Crippen LogP contribution in [-0.2, 0) is 4.74 Å². The molecular formula is C11H22N6O5+2. The Morgan fingerprint density at radius 1 is 1.41 bits per heavy atom. The summed E-state index contributed by atoms with van der Waals surface area (Å²) in [4.78, 5) is 16.8. The van der Waals surface area contributed by atoms with Crippen LogP contribution in [0.3, 0.4) is 0 Å². The fraction of sp³-hybridized carbons (Fsp3) is 0.727. The zero-order valence-electron chi connectivity index (χ0n) is 11.8. The molecule has 11 heteroatoms. The van der Waals surface area contributed by atoms with E-state index in [4.69, 9.17) is 21.9 Å². The van der Waals surface area contributed by atoms with E-state index in [-0.39, 0.29) is 30.4 Å². The highest BCUT2D eigenvalue weighted by molar-refractivity contribution is 5.84. The van der Waals surface area contributed by atoms with Crippen molar-refractivity contribution in [3.05, 3.63) is 0 Å². The Labute approximate surface area is 125 Å². The van der Waals surface area contributed by atoms with Crippen LogP contribution in [0, 0.1) is 5.92 Å². The van der Waals surface area contributed by atoms with Crippen LogP contribution in [0.4, 0.5) is 4.79 Å². The molecule has 0 aromatic heterocycles. The number of guanidine groups is 1. The van der Waals surface area contributed by atoms with Gasteiger partial charge in [0, 0.05) is 6.42 Å². The third-order valence-corrected chi connectivity index (χ3v) is 4.67. The zero-order chi connectivity index (χ0) is 15.4. The highest BCUT2D eigenvalue weighted by atomic mass is 16.5. The van der Waals surface area contributed by atoms with Crippen molar-refractivity contribution in [1.82, 2.24) is 5.32 Å². The first-order chi connectivity index (χ1) is 9.78. The number of amidine groups is 1. The molecule has 1 fully saturated rings. The second-order valence-corrected chi connectivity index (χ2v) is 5.77. The van der Waals surface area contributed by atoms with Gasteiger partial charge < -0.3 is 26.2 Å². The predicted molar refractivity (Wildman–Crippen MR) is 72.8 cm³/mol. The third kappa shape index (κ3) is 1.97. The molecule has 3 aliphatic rings.